The lowest BCUT2D eigenvalue weighted by Crippen LogP contribution is -2.19. The zero-order valence-electron chi connectivity index (χ0n) is 14.9. The van der Waals surface area contributed by atoms with Crippen molar-refractivity contribution in [3.05, 3.63) is 91.1 Å². The minimum absolute atomic E-state index is 0. The molecule has 2 heterocycles. The molecule has 27 heavy (non-hydrogen) atoms. The van der Waals surface area contributed by atoms with Crippen LogP contribution in [0.4, 0.5) is 0 Å². The molecule has 0 aliphatic rings. The van der Waals surface area contributed by atoms with E-state index in [1.165, 1.54) is 5.56 Å². The molecule has 0 atom stereocenters. The fraction of sp³-hybridized carbons (Fsp3) is 0.143. The highest BCUT2D eigenvalue weighted by molar-refractivity contribution is 5.85. The maximum atomic E-state index is 4.84. The number of benzene rings is 2. The van der Waals surface area contributed by atoms with Gasteiger partial charge in [-0.1, -0.05) is 48.5 Å². The summed E-state index contributed by atoms with van der Waals surface area (Å²) in [6, 6.07) is 20.5. The Morgan fingerprint density at radius 1 is 0.926 bits per heavy atom. The SMILES string of the molecule is Cl.c1ccc(-c2nn(-c3ccccc3)cc2CNCCn2ccnc2)cc1. The Morgan fingerprint density at radius 3 is 2.37 bits per heavy atom. The third-order valence-electron chi connectivity index (χ3n) is 4.28. The third kappa shape index (κ3) is 4.64. The van der Waals surface area contributed by atoms with Crippen LogP contribution in [0.15, 0.2) is 85.6 Å². The molecular formula is C21H22ClN5. The van der Waals surface area contributed by atoms with E-state index < -0.39 is 0 Å². The van der Waals surface area contributed by atoms with E-state index in [1.54, 1.807) is 6.20 Å². The van der Waals surface area contributed by atoms with E-state index in [0.29, 0.717) is 0 Å². The topological polar surface area (TPSA) is 47.7 Å². The summed E-state index contributed by atoms with van der Waals surface area (Å²) in [5, 5.41) is 8.35. The summed E-state index contributed by atoms with van der Waals surface area (Å²) in [6.45, 7) is 2.54. The molecule has 0 spiro atoms. The highest BCUT2D eigenvalue weighted by Crippen LogP contribution is 2.23. The first-order valence-electron chi connectivity index (χ1n) is 8.76. The van der Waals surface area contributed by atoms with Crippen molar-refractivity contribution >= 4 is 12.4 Å². The van der Waals surface area contributed by atoms with Crippen LogP contribution in [0.2, 0.25) is 0 Å². The van der Waals surface area contributed by atoms with Crippen LogP contribution in [0.25, 0.3) is 16.9 Å². The van der Waals surface area contributed by atoms with Gasteiger partial charge in [-0.25, -0.2) is 9.67 Å². The first kappa shape index (κ1) is 18.9. The Balaban J connectivity index is 0.00000210. The van der Waals surface area contributed by atoms with Gasteiger partial charge in [-0.15, -0.1) is 12.4 Å². The summed E-state index contributed by atoms with van der Waals surface area (Å²) < 4.78 is 4.02. The van der Waals surface area contributed by atoms with Crippen LogP contribution < -0.4 is 5.32 Å². The molecule has 4 aromatic rings. The van der Waals surface area contributed by atoms with E-state index in [-0.39, 0.29) is 12.4 Å². The van der Waals surface area contributed by atoms with Gasteiger partial charge in [0, 0.05) is 49.4 Å². The number of aromatic nitrogens is 4. The van der Waals surface area contributed by atoms with E-state index in [9.17, 15) is 0 Å². The second-order valence-electron chi connectivity index (χ2n) is 6.13. The zero-order valence-corrected chi connectivity index (χ0v) is 15.7. The van der Waals surface area contributed by atoms with Crippen LogP contribution >= 0.6 is 12.4 Å². The Morgan fingerprint density at radius 2 is 1.67 bits per heavy atom. The van der Waals surface area contributed by atoms with Crippen molar-refractivity contribution < 1.29 is 0 Å². The molecule has 2 aromatic carbocycles. The predicted molar refractivity (Wildman–Crippen MR) is 110 cm³/mol. The maximum absolute atomic E-state index is 4.84. The van der Waals surface area contributed by atoms with Gasteiger partial charge in [0.15, 0.2) is 0 Å². The van der Waals surface area contributed by atoms with Crippen LogP contribution in [0.5, 0.6) is 0 Å². The number of hydrogen-bond acceptors (Lipinski definition) is 3. The molecule has 0 aliphatic heterocycles. The van der Waals surface area contributed by atoms with E-state index in [1.807, 2.05) is 53.6 Å². The molecule has 0 aliphatic carbocycles. The second kappa shape index (κ2) is 9.16. The predicted octanol–water partition coefficient (Wildman–Crippen LogP) is 3.95. The number of rotatable bonds is 7. The maximum Gasteiger partial charge on any atom is 0.0972 e. The fourth-order valence-electron chi connectivity index (χ4n) is 2.94. The molecule has 0 amide bonds. The number of hydrogen-bond donors (Lipinski definition) is 1. The minimum atomic E-state index is 0. The molecule has 0 radical (unpaired) electrons. The van der Waals surface area contributed by atoms with E-state index in [4.69, 9.17) is 5.10 Å². The molecule has 1 N–H and O–H groups in total. The molecule has 5 nitrogen and oxygen atoms in total. The molecule has 0 unspecified atom stereocenters. The smallest absolute Gasteiger partial charge is 0.0972 e. The molecule has 0 bridgehead atoms. The number of halogens is 1. The van der Waals surface area contributed by atoms with Crippen LogP contribution in [-0.4, -0.2) is 25.9 Å². The van der Waals surface area contributed by atoms with Crippen molar-refractivity contribution in [2.75, 3.05) is 6.54 Å². The highest BCUT2D eigenvalue weighted by Gasteiger charge is 2.11. The lowest BCUT2D eigenvalue weighted by molar-refractivity contribution is 0.597. The van der Waals surface area contributed by atoms with E-state index in [2.05, 4.69) is 45.3 Å². The van der Waals surface area contributed by atoms with Crippen LogP contribution in [-0.2, 0) is 13.1 Å². The summed E-state index contributed by atoms with van der Waals surface area (Å²) in [4.78, 5) is 4.07. The second-order valence-corrected chi connectivity index (χ2v) is 6.13. The average molecular weight is 380 g/mol. The van der Waals surface area contributed by atoms with Crippen molar-refractivity contribution in [3.8, 4) is 16.9 Å². The van der Waals surface area contributed by atoms with Crippen molar-refractivity contribution in [1.82, 2.24) is 24.6 Å². The quantitative estimate of drug-likeness (QED) is 0.494. The normalized spacial score (nSPS) is 10.5. The zero-order chi connectivity index (χ0) is 17.6. The number of para-hydroxylation sites is 1. The summed E-state index contributed by atoms with van der Waals surface area (Å²) in [5.74, 6) is 0. The lowest BCUT2D eigenvalue weighted by atomic mass is 10.1. The van der Waals surface area contributed by atoms with Gasteiger partial charge in [0.05, 0.1) is 17.7 Å². The monoisotopic (exact) mass is 379 g/mol. The molecule has 0 saturated carbocycles. The molecule has 4 rings (SSSR count). The Labute approximate surface area is 165 Å². The van der Waals surface area contributed by atoms with Gasteiger partial charge in [-0.2, -0.15) is 5.10 Å². The third-order valence-corrected chi connectivity index (χ3v) is 4.28. The standard InChI is InChI=1S/C21H21N5.ClH/c1-3-7-18(8-4-1)21-19(15-22-11-13-25-14-12-23-17-25)16-26(24-21)20-9-5-2-6-10-20;/h1-10,12,14,16-17,22H,11,13,15H2;1H. The minimum Gasteiger partial charge on any atom is -0.336 e. The molecule has 138 valence electrons. The Bertz CT molecular complexity index is 933. The summed E-state index contributed by atoms with van der Waals surface area (Å²) in [6.07, 6.45) is 7.73. The van der Waals surface area contributed by atoms with Crippen LogP contribution in [0, 0.1) is 0 Å². The highest BCUT2D eigenvalue weighted by atomic mass is 35.5. The molecular weight excluding hydrogens is 358 g/mol. The Hall–Kier alpha value is -2.89. The van der Waals surface area contributed by atoms with Gasteiger partial charge in [0.25, 0.3) is 0 Å². The van der Waals surface area contributed by atoms with Gasteiger partial charge < -0.3 is 9.88 Å². The number of nitrogens with zero attached hydrogens (tertiary/aromatic N) is 4. The molecule has 2 aromatic heterocycles. The van der Waals surface area contributed by atoms with E-state index in [0.717, 1.165) is 36.6 Å². The average Bonchev–Trinajstić information content (AvgIpc) is 3.37. The van der Waals surface area contributed by atoms with Gasteiger partial charge in [0.2, 0.25) is 0 Å². The number of imidazole rings is 1. The first-order valence-corrected chi connectivity index (χ1v) is 8.76. The van der Waals surface area contributed by atoms with Crippen molar-refractivity contribution in [1.29, 1.82) is 0 Å². The largest absolute Gasteiger partial charge is 0.336 e. The Kier molecular flexibility index (Phi) is 6.41. The summed E-state index contributed by atoms with van der Waals surface area (Å²) >= 11 is 0. The molecule has 0 fully saturated rings. The fourth-order valence-corrected chi connectivity index (χ4v) is 2.94. The molecule has 6 heteroatoms. The molecule has 0 saturated heterocycles. The van der Waals surface area contributed by atoms with Gasteiger partial charge in [0.1, 0.15) is 0 Å². The van der Waals surface area contributed by atoms with Crippen molar-refractivity contribution in [2.45, 2.75) is 13.1 Å². The van der Waals surface area contributed by atoms with Gasteiger partial charge in [-0.3, -0.25) is 0 Å². The van der Waals surface area contributed by atoms with Crippen LogP contribution in [0.3, 0.4) is 0 Å². The van der Waals surface area contributed by atoms with Crippen molar-refractivity contribution in [3.63, 3.8) is 0 Å². The summed E-state index contributed by atoms with van der Waals surface area (Å²) in [7, 11) is 0. The number of nitrogens with one attached hydrogen (secondary N) is 1. The van der Waals surface area contributed by atoms with Crippen LogP contribution in [0.1, 0.15) is 5.56 Å². The first-order chi connectivity index (χ1) is 12.9. The lowest BCUT2D eigenvalue weighted by Gasteiger charge is -2.06. The van der Waals surface area contributed by atoms with Gasteiger partial charge >= 0.3 is 0 Å². The van der Waals surface area contributed by atoms with E-state index >= 15 is 0 Å². The van der Waals surface area contributed by atoms with Gasteiger partial charge in [-0.05, 0) is 12.1 Å². The van der Waals surface area contributed by atoms with Crippen molar-refractivity contribution in [2.24, 2.45) is 0 Å². The summed E-state index contributed by atoms with van der Waals surface area (Å²) in [5.41, 5.74) is 4.40.